The van der Waals surface area contributed by atoms with Crippen LogP contribution >= 0.6 is 23.2 Å². The van der Waals surface area contributed by atoms with E-state index in [1.807, 2.05) is 0 Å². The van der Waals surface area contributed by atoms with Gasteiger partial charge in [0.05, 0.1) is 30.3 Å². The van der Waals surface area contributed by atoms with Gasteiger partial charge in [-0.15, -0.1) is 0 Å². The minimum atomic E-state index is -3.79. The van der Waals surface area contributed by atoms with Crippen molar-refractivity contribution in [1.82, 2.24) is 5.43 Å². The van der Waals surface area contributed by atoms with Gasteiger partial charge in [0, 0.05) is 10.7 Å². The summed E-state index contributed by atoms with van der Waals surface area (Å²) in [6.07, 6.45) is 2.36. The van der Waals surface area contributed by atoms with Crippen LogP contribution in [0.2, 0.25) is 10.0 Å². The number of rotatable bonds is 11. The normalized spacial score (nSPS) is 11.2. The lowest BCUT2D eigenvalue weighted by Crippen LogP contribution is -2.39. The molecule has 13 heteroatoms. The number of amides is 2. The maximum atomic E-state index is 12.4. The molecule has 0 aliphatic carbocycles. The van der Waals surface area contributed by atoms with Gasteiger partial charge in [-0.05, 0) is 66.2 Å². The Morgan fingerprint density at radius 3 is 2.39 bits per heavy atom. The molecular formula is C25H24Cl2N4O6S. The minimum absolute atomic E-state index is 0.200. The smallest absolute Gasteiger partial charge is 0.262 e. The fourth-order valence-electron chi connectivity index (χ4n) is 3.12. The molecule has 0 aliphatic heterocycles. The predicted octanol–water partition coefficient (Wildman–Crippen LogP) is 3.94. The molecule has 0 spiro atoms. The average Bonchev–Trinajstić information content (AvgIpc) is 2.86. The lowest BCUT2D eigenvalue weighted by Gasteiger charge is -2.21. The lowest BCUT2D eigenvalue weighted by atomic mass is 10.2. The third-order valence-electron chi connectivity index (χ3n) is 4.87. The molecular weight excluding hydrogens is 555 g/mol. The largest absolute Gasteiger partial charge is 0.495 e. The van der Waals surface area contributed by atoms with Crippen molar-refractivity contribution in [1.29, 1.82) is 0 Å². The van der Waals surface area contributed by atoms with E-state index in [4.69, 9.17) is 32.7 Å². The first-order chi connectivity index (χ1) is 18.0. The second-order valence-corrected chi connectivity index (χ2v) is 10.5. The van der Waals surface area contributed by atoms with Crippen LogP contribution in [0, 0.1) is 0 Å². The van der Waals surface area contributed by atoms with Crippen LogP contribution in [0.5, 0.6) is 11.5 Å². The number of hydrogen-bond acceptors (Lipinski definition) is 7. The molecule has 10 nitrogen and oxygen atoms in total. The molecule has 0 fully saturated rings. The van der Waals surface area contributed by atoms with E-state index in [0.29, 0.717) is 27.8 Å². The minimum Gasteiger partial charge on any atom is -0.495 e. The summed E-state index contributed by atoms with van der Waals surface area (Å²) in [6.45, 7) is -0.713. The van der Waals surface area contributed by atoms with Crippen LogP contribution in [0.25, 0.3) is 0 Å². The first kappa shape index (κ1) is 28.8. The van der Waals surface area contributed by atoms with Gasteiger partial charge in [-0.1, -0.05) is 29.3 Å². The van der Waals surface area contributed by atoms with E-state index in [1.165, 1.54) is 31.5 Å². The van der Waals surface area contributed by atoms with Crippen molar-refractivity contribution in [3.05, 3.63) is 82.3 Å². The highest BCUT2D eigenvalue weighted by molar-refractivity contribution is 7.92. The van der Waals surface area contributed by atoms with Gasteiger partial charge >= 0.3 is 0 Å². The number of hydrogen-bond donors (Lipinski definition) is 2. The summed E-state index contributed by atoms with van der Waals surface area (Å²) >= 11 is 12.0. The molecule has 0 heterocycles. The summed E-state index contributed by atoms with van der Waals surface area (Å²) in [6, 6.07) is 17.7. The predicted molar refractivity (Wildman–Crippen MR) is 148 cm³/mol. The van der Waals surface area contributed by atoms with E-state index in [9.17, 15) is 18.0 Å². The first-order valence-corrected chi connectivity index (χ1v) is 13.6. The highest BCUT2D eigenvalue weighted by atomic mass is 35.5. The summed E-state index contributed by atoms with van der Waals surface area (Å²) in [5.74, 6) is -0.186. The van der Waals surface area contributed by atoms with Gasteiger partial charge in [0.25, 0.3) is 11.8 Å². The molecule has 2 N–H and O–H groups in total. The van der Waals surface area contributed by atoms with Gasteiger partial charge in [0.2, 0.25) is 10.0 Å². The summed E-state index contributed by atoms with van der Waals surface area (Å²) in [7, 11) is -2.36. The van der Waals surface area contributed by atoms with Crippen LogP contribution in [-0.4, -0.2) is 53.0 Å². The van der Waals surface area contributed by atoms with E-state index < -0.39 is 22.5 Å². The molecule has 0 saturated carbocycles. The monoisotopic (exact) mass is 578 g/mol. The summed E-state index contributed by atoms with van der Waals surface area (Å²) in [5, 5.41) is 7.25. The number of ether oxygens (including phenoxy) is 2. The molecule has 0 saturated heterocycles. The quantitative estimate of drug-likeness (QED) is 0.262. The number of methoxy groups -OCH3 is 1. The third kappa shape index (κ3) is 8.65. The number of hydrazone groups is 1. The molecule has 3 aromatic carbocycles. The van der Waals surface area contributed by atoms with Gasteiger partial charge in [-0.3, -0.25) is 13.9 Å². The second-order valence-electron chi connectivity index (χ2n) is 7.80. The molecule has 0 aliphatic rings. The van der Waals surface area contributed by atoms with E-state index >= 15 is 0 Å². The Labute approximate surface area is 230 Å². The SMILES string of the molecule is COc1ccc(N(CC(=O)N/N=C/c2ccc(OCC(=O)Nc3cccc(Cl)c3)cc2)S(C)(=O)=O)cc1Cl. The molecule has 3 rings (SSSR count). The molecule has 0 radical (unpaired) electrons. The van der Waals surface area contributed by atoms with Gasteiger partial charge < -0.3 is 14.8 Å². The van der Waals surface area contributed by atoms with E-state index in [-0.39, 0.29) is 23.2 Å². The molecule has 38 heavy (non-hydrogen) atoms. The highest BCUT2D eigenvalue weighted by Gasteiger charge is 2.21. The second kappa shape index (κ2) is 13.1. The number of carbonyl (C=O) groups excluding carboxylic acids is 2. The summed E-state index contributed by atoms with van der Waals surface area (Å²) < 4.78 is 35.9. The van der Waals surface area contributed by atoms with Gasteiger partial charge in [0.15, 0.2) is 6.61 Å². The van der Waals surface area contributed by atoms with Gasteiger partial charge in [-0.2, -0.15) is 5.10 Å². The van der Waals surface area contributed by atoms with Crippen LogP contribution in [0.15, 0.2) is 71.8 Å². The average molecular weight is 579 g/mol. The van der Waals surface area contributed by atoms with E-state index in [0.717, 1.165) is 10.6 Å². The maximum Gasteiger partial charge on any atom is 0.262 e. The van der Waals surface area contributed by atoms with Crippen LogP contribution in [-0.2, 0) is 19.6 Å². The van der Waals surface area contributed by atoms with Crippen molar-refractivity contribution in [2.24, 2.45) is 5.10 Å². The highest BCUT2D eigenvalue weighted by Crippen LogP contribution is 2.30. The van der Waals surface area contributed by atoms with Gasteiger partial charge in [0.1, 0.15) is 18.0 Å². The van der Waals surface area contributed by atoms with E-state index in [1.54, 1.807) is 48.5 Å². The van der Waals surface area contributed by atoms with Crippen molar-refractivity contribution >= 4 is 62.6 Å². The zero-order valence-electron chi connectivity index (χ0n) is 20.4. The Bertz CT molecular complexity index is 1430. The van der Waals surface area contributed by atoms with Crippen molar-refractivity contribution < 1.29 is 27.5 Å². The number of nitrogens with zero attached hydrogens (tertiary/aromatic N) is 2. The van der Waals surface area contributed by atoms with Crippen LogP contribution in [0.1, 0.15) is 5.56 Å². The Morgan fingerprint density at radius 1 is 1.03 bits per heavy atom. The standard InChI is InChI=1S/C25H24Cl2N4O6S/c1-36-23-11-8-20(13-22(23)27)31(38(2,34)35)15-24(32)30-28-14-17-6-9-21(10-7-17)37-16-25(33)29-19-5-3-4-18(26)12-19/h3-14H,15-16H2,1-2H3,(H,29,33)(H,30,32)/b28-14+. The van der Waals surface area contributed by atoms with Crippen LogP contribution in [0.4, 0.5) is 11.4 Å². The number of sulfonamides is 1. The fraction of sp³-hybridized carbons (Fsp3) is 0.160. The van der Waals surface area contributed by atoms with Crippen molar-refractivity contribution in [2.75, 3.05) is 36.1 Å². The third-order valence-corrected chi connectivity index (χ3v) is 6.54. The number of anilines is 2. The molecule has 3 aromatic rings. The van der Waals surface area contributed by atoms with Gasteiger partial charge in [-0.25, -0.2) is 13.8 Å². The number of nitrogens with one attached hydrogen (secondary N) is 2. The number of halogens is 2. The maximum absolute atomic E-state index is 12.4. The van der Waals surface area contributed by atoms with Crippen LogP contribution < -0.4 is 24.5 Å². The van der Waals surface area contributed by atoms with Crippen LogP contribution in [0.3, 0.4) is 0 Å². The molecule has 0 unspecified atom stereocenters. The van der Waals surface area contributed by atoms with Crippen molar-refractivity contribution in [3.8, 4) is 11.5 Å². The Morgan fingerprint density at radius 2 is 1.76 bits per heavy atom. The summed E-state index contributed by atoms with van der Waals surface area (Å²) in [5.41, 5.74) is 3.69. The Hall–Kier alpha value is -3.80. The first-order valence-electron chi connectivity index (χ1n) is 11.0. The molecule has 0 aromatic heterocycles. The Balaban J connectivity index is 1.52. The topological polar surface area (TPSA) is 126 Å². The van der Waals surface area contributed by atoms with Crippen molar-refractivity contribution in [3.63, 3.8) is 0 Å². The molecule has 0 bridgehead atoms. The number of benzene rings is 3. The summed E-state index contributed by atoms with van der Waals surface area (Å²) in [4.78, 5) is 24.4. The molecule has 0 atom stereocenters. The Kier molecular flexibility index (Phi) is 9.94. The molecule has 200 valence electrons. The van der Waals surface area contributed by atoms with Crippen molar-refractivity contribution in [2.45, 2.75) is 0 Å². The molecule has 2 amide bonds. The zero-order valence-corrected chi connectivity index (χ0v) is 22.7. The lowest BCUT2D eigenvalue weighted by molar-refractivity contribution is -0.119. The number of carbonyl (C=O) groups is 2. The fourth-order valence-corrected chi connectivity index (χ4v) is 4.41. The van der Waals surface area contributed by atoms with E-state index in [2.05, 4.69) is 15.8 Å². The zero-order chi connectivity index (χ0) is 27.7.